The number of nitrogens with zero attached hydrogens (tertiary/aromatic N) is 2. The molecule has 100 valence electrons. The van der Waals surface area contributed by atoms with Crippen LogP contribution in [0.3, 0.4) is 0 Å². The number of aromatic nitrogens is 2. The Kier molecular flexibility index (Phi) is 3.99. The van der Waals surface area contributed by atoms with E-state index in [1.165, 1.54) is 10.9 Å². The van der Waals surface area contributed by atoms with Gasteiger partial charge in [0, 0.05) is 24.3 Å². The third-order valence-electron chi connectivity index (χ3n) is 3.30. The first-order valence-corrected chi connectivity index (χ1v) is 6.86. The summed E-state index contributed by atoms with van der Waals surface area (Å²) in [5, 5.41) is 4.62. The first kappa shape index (κ1) is 12.8. The number of hydrogen-bond donors (Lipinski definition) is 1. The van der Waals surface area contributed by atoms with E-state index in [2.05, 4.69) is 51.7 Å². The van der Waals surface area contributed by atoms with Crippen LogP contribution in [-0.2, 0) is 13.0 Å². The molecule has 0 aliphatic rings. The molecular weight excluding hydrogens is 246 g/mol. The summed E-state index contributed by atoms with van der Waals surface area (Å²) in [6, 6.07) is 16.5. The van der Waals surface area contributed by atoms with Gasteiger partial charge in [0.1, 0.15) is 0 Å². The minimum absolute atomic E-state index is 0.802. The minimum atomic E-state index is 0.802. The third kappa shape index (κ3) is 3.19. The van der Waals surface area contributed by atoms with Crippen molar-refractivity contribution in [2.75, 3.05) is 6.54 Å². The Morgan fingerprint density at radius 2 is 1.75 bits per heavy atom. The topological polar surface area (TPSA) is 37.8 Å². The van der Waals surface area contributed by atoms with Crippen LogP contribution in [0.5, 0.6) is 0 Å². The van der Waals surface area contributed by atoms with Crippen LogP contribution in [-0.4, -0.2) is 16.5 Å². The molecule has 0 radical (unpaired) electrons. The summed E-state index contributed by atoms with van der Waals surface area (Å²) in [5.41, 5.74) is 3.44. The van der Waals surface area contributed by atoms with E-state index >= 15 is 0 Å². The van der Waals surface area contributed by atoms with E-state index in [0.29, 0.717) is 0 Å². The van der Waals surface area contributed by atoms with Gasteiger partial charge in [0.15, 0.2) is 0 Å². The van der Waals surface area contributed by atoms with Crippen molar-refractivity contribution in [1.29, 1.82) is 0 Å². The number of fused-ring (bicyclic) bond motifs is 1. The molecule has 0 unspecified atom stereocenters. The van der Waals surface area contributed by atoms with E-state index in [1.807, 2.05) is 24.5 Å². The quantitative estimate of drug-likeness (QED) is 0.719. The number of benzene rings is 1. The number of pyridine rings is 2. The minimum Gasteiger partial charge on any atom is -0.311 e. The zero-order chi connectivity index (χ0) is 13.6. The highest BCUT2D eigenvalue weighted by molar-refractivity contribution is 5.78. The van der Waals surface area contributed by atoms with Crippen molar-refractivity contribution in [1.82, 2.24) is 15.3 Å². The van der Waals surface area contributed by atoms with Crippen LogP contribution in [0.4, 0.5) is 0 Å². The van der Waals surface area contributed by atoms with E-state index in [9.17, 15) is 0 Å². The van der Waals surface area contributed by atoms with Gasteiger partial charge in [-0.15, -0.1) is 0 Å². The van der Waals surface area contributed by atoms with E-state index < -0.39 is 0 Å². The lowest BCUT2D eigenvalue weighted by molar-refractivity contribution is 0.676. The molecular formula is C17H17N3. The highest BCUT2D eigenvalue weighted by Crippen LogP contribution is 2.11. The van der Waals surface area contributed by atoms with Gasteiger partial charge in [-0.25, -0.2) is 0 Å². The highest BCUT2D eigenvalue weighted by Gasteiger charge is 1.98. The summed E-state index contributed by atoms with van der Waals surface area (Å²) >= 11 is 0. The maximum Gasteiger partial charge on any atom is 0.0705 e. The molecule has 0 fully saturated rings. The van der Waals surface area contributed by atoms with Crippen molar-refractivity contribution >= 4 is 10.9 Å². The second kappa shape index (κ2) is 6.26. The van der Waals surface area contributed by atoms with Gasteiger partial charge in [0.05, 0.1) is 11.2 Å². The van der Waals surface area contributed by atoms with Gasteiger partial charge < -0.3 is 5.32 Å². The van der Waals surface area contributed by atoms with Gasteiger partial charge in [-0.2, -0.15) is 0 Å². The Labute approximate surface area is 118 Å². The number of rotatable bonds is 5. The van der Waals surface area contributed by atoms with Crippen LogP contribution in [0.2, 0.25) is 0 Å². The van der Waals surface area contributed by atoms with Crippen molar-refractivity contribution in [2.24, 2.45) is 0 Å². The van der Waals surface area contributed by atoms with Gasteiger partial charge in [-0.05, 0) is 42.8 Å². The summed E-state index contributed by atoms with van der Waals surface area (Å²) < 4.78 is 0. The Hall–Kier alpha value is -2.26. The van der Waals surface area contributed by atoms with Crippen molar-refractivity contribution in [3.05, 3.63) is 72.2 Å². The maximum atomic E-state index is 4.65. The summed E-state index contributed by atoms with van der Waals surface area (Å²) in [6.07, 6.45) is 4.68. The molecule has 2 aromatic heterocycles. The van der Waals surface area contributed by atoms with Crippen molar-refractivity contribution in [3.8, 4) is 0 Å². The molecule has 0 aliphatic heterocycles. The first-order chi connectivity index (χ1) is 9.92. The number of hydrogen-bond acceptors (Lipinski definition) is 3. The average molecular weight is 263 g/mol. The van der Waals surface area contributed by atoms with E-state index in [-0.39, 0.29) is 0 Å². The molecule has 0 bridgehead atoms. The third-order valence-corrected chi connectivity index (χ3v) is 3.30. The van der Waals surface area contributed by atoms with Gasteiger partial charge in [-0.1, -0.05) is 24.3 Å². The van der Waals surface area contributed by atoms with Gasteiger partial charge in [-0.3, -0.25) is 9.97 Å². The summed E-state index contributed by atoms with van der Waals surface area (Å²) in [5.74, 6) is 0. The zero-order valence-electron chi connectivity index (χ0n) is 11.3. The lowest BCUT2D eigenvalue weighted by atomic mass is 10.2. The second-order valence-corrected chi connectivity index (χ2v) is 4.78. The largest absolute Gasteiger partial charge is 0.311 e. The molecule has 0 saturated carbocycles. The summed E-state index contributed by atoms with van der Waals surface area (Å²) in [7, 11) is 0. The molecule has 3 rings (SSSR count). The van der Waals surface area contributed by atoms with Crippen LogP contribution in [0, 0.1) is 0 Å². The molecule has 20 heavy (non-hydrogen) atoms. The fourth-order valence-electron chi connectivity index (χ4n) is 2.21. The van der Waals surface area contributed by atoms with Crippen LogP contribution in [0.1, 0.15) is 11.3 Å². The zero-order valence-corrected chi connectivity index (χ0v) is 11.3. The Morgan fingerprint density at radius 1 is 0.900 bits per heavy atom. The molecule has 0 atom stereocenters. The van der Waals surface area contributed by atoms with Crippen LogP contribution >= 0.6 is 0 Å². The van der Waals surface area contributed by atoms with Crippen molar-refractivity contribution in [2.45, 2.75) is 13.0 Å². The molecule has 0 aliphatic carbocycles. The molecule has 0 saturated heterocycles. The first-order valence-electron chi connectivity index (χ1n) is 6.86. The van der Waals surface area contributed by atoms with Gasteiger partial charge in [0.25, 0.3) is 0 Å². The Morgan fingerprint density at radius 3 is 2.65 bits per heavy atom. The predicted molar refractivity (Wildman–Crippen MR) is 81.4 cm³/mol. The molecule has 3 aromatic rings. The van der Waals surface area contributed by atoms with Crippen LogP contribution in [0.15, 0.2) is 60.9 Å². The molecule has 1 aromatic carbocycles. The fraction of sp³-hybridized carbons (Fsp3) is 0.176. The normalized spacial score (nSPS) is 10.8. The standard InChI is InChI=1S/C17H17N3/c1-2-4-17-15(3-1)5-6-16(20-17)13-19-12-9-14-7-10-18-11-8-14/h1-8,10-11,19H,9,12-13H2. The molecule has 1 N–H and O–H groups in total. The number of nitrogens with one attached hydrogen (secondary N) is 1. The molecule has 0 amide bonds. The molecule has 3 heteroatoms. The van der Waals surface area contributed by atoms with Gasteiger partial charge in [0.2, 0.25) is 0 Å². The predicted octanol–water partition coefficient (Wildman–Crippen LogP) is 2.96. The van der Waals surface area contributed by atoms with E-state index in [4.69, 9.17) is 0 Å². The second-order valence-electron chi connectivity index (χ2n) is 4.78. The molecule has 2 heterocycles. The van der Waals surface area contributed by atoms with E-state index in [0.717, 1.165) is 30.7 Å². The summed E-state index contributed by atoms with van der Waals surface area (Å²) in [4.78, 5) is 8.67. The number of para-hydroxylation sites is 1. The van der Waals surface area contributed by atoms with Crippen LogP contribution in [0.25, 0.3) is 10.9 Å². The van der Waals surface area contributed by atoms with E-state index in [1.54, 1.807) is 0 Å². The lowest BCUT2D eigenvalue weighted by Crippen LogP contribution is -2.17. The van der Waals surface area contributed by atoms with Crippen molar-refractivity contribution < 1.29 is 0 Å². The Bertz CT molecular complexity index is 680. The highest BCUT2D eigenvalue weighted by atomic mass is 14.9. The SMILES string of the molecule is c1ccc2nc(CNCCc3ccncc3)ccc2c1. The lowest BCUT2D eigenvalue weighted by Gasteiger charge is -2.05. The average Bonchev–Trinajstić information content (AvgIpc) is 2.52. The smallest absolute Gasteiger partial charge is 0.0705 e. The maximum absolute atomic E-state index is 4.65. The van der Waals surface area contributed by atoms with Gasteiger partial charge >= 0.3 is 0 Å². The monoisotopic (exact) mass is 263 g/mol. The summed E-state index contributed by atoms with van der Waals surface area (Å²) in [6.45, 7) is 1.74. The van der Waals surface area contributed by atoms with Crippen LogP contribution < -0.4 is 5.32 Å². The molecule has 0 spiro atoms. The fourth-order valence-corrected chi connectivity index (χ4v) is 2.21. The Balaban J connectivity index is 1.55. The van der Waals surface area contributed by atoms with Crippen molar-refractivity contribution in [3.63, 3.8) is 0 Å². The molecule has 3 nitrogen and oxygen atoms in total.